The third kappa shape index (κ3) is 6.41. The van der Waals surface area contributed by atoms with Crippen molar-refractivity contribution in [3.63, 3.8) is 0 Å². The number of nitrogen functional groups attached to an aromatic ring is 1. The number of aromatic amines is 1. The quantitative estimate of drug-likeness (QED) is 0.412. The minimum atomic E-state index is -0.798. The highest BCUT2D eigenvalue weighted by Gasteiger charge is 2.25. The minimum Gasteiger partial charge on any atom is -0.482 e. The number of hydrogen-bond acceptors (Lipinski definition) is 7. The number of carbonyl (C=O) groups excluding carboxylic acids is 2. The van der Waals surface area contributed by atoms with Gasteiger partial charge in [-0.1, -0.05) is 43.3 Å². The van der Waals surface area contributed by atoms with Crippen molar-refractivity contribution in [1.29, 1.82) is 0 Å². The molecule has 190 valence electrons. The van der Waals surface area contributed by atoms with E-state index in [1.807, 2.05) is 57.2 Å². The van der Waals surface area contributed by atoms with E-state index in [2.05, 4.69) is 4.98 Å². The smallest absolute Gasteiger partial charge is 0.344 e. The molecule has 36 heavy (non-hydrogen) atoms. The maximum atomic E-state index is 13.0. The Morgan fingerprint density at radius 1 is 1.03 bits per heavy atom. The van der Waals surface area contributed by atoms with Crippen LogP contribution in [0.3, 0.4) is 0 Å². The summed E-state index contributed by atoms with van der Waals surface area (Å²) >= 11 is 0. The van der Waals surface area contributed by atoms with Crippen LogP contribution in [0.25, 0.3) is 0 Å². The lowest BCUT2D eigenvalue weighted by Gasteiger charge is -2.24. The monoisotopic (exact) mass is 494 g/mol. The lowest BCUT2D eigenvalue weighted by molar-refractivity contribution is -0.149. The second-order valence-electron chi connectivity index (χ2n) is 8.31. The number of anilines is 2. The van der Waals surface area contributed by atoms with Gasteiger partial charge in [0, 0.05) is 6.54 Å². The first-order valence-electron chi connectivity index (χ1n) is 11.5. The summed E-state index contributed by atoms with van der Waals surface area (Å²) in [6.07, 6.45) is 0.492. The summed E-state index contributed by atoms with van der Waals surface area (Å²) in [4.78, 5) is 53.6. The first kappa shape index (κ1) is 26.3. The molecular formula is C26H30N4O6. The number of aryl methyl sites for hydroxylation is 2. The maximum absolute atomic E-state index is 13.0. The van der Waals surface area contributed by atoms with Crippen LogP contribution in [-0.4, -0.2) is 41.2 Å². The van der Waals surface area contributed by atoms with E-state index < -0.39 is 29.7 Å². The Morgan fingerprint density at radius 2 is 1.75 bits per heavy atom. The van der Waals surface area contributed by atoms with Gasteiger partial charge in [-0.25, -0.2) is 9.59 Å². The van der Waals surface area contributed by atoms with Gasteiger partial charge in [0.25, 0.3) is 11.5 Å². The Hall–Kier alpha value is -4.34. The SMILES string of the molecule is CCCN(C(=O)COC(=O)COc1ccc(C)c(C)c1)c1c(N)n(Cc2ccccc2)c(=O)[nH]c1=O. The summed E-state index contributed by atoms with van der Waals surface area (Å²) in [5.41, 5.74) is 7.46. The fourth-order valence-electron chi connectivity index (χ4n) is 3.55. The largest absolute Gasteiger partial charge is 0.482 e. The lowest BCUT2D eigenvalue weighted by atomic mass is 10.1. The van der Waals surface area contributed by atoms with Crippen LogP contribution < -0.4 is 26.6 Å². The van der Waals surface area contributed by atoms with Crippen molar-refractivity contribution in [1.82, 2.24) is 9.55 Å². The number of amides is 1. The van der Waals surface area contributed by atoms with Crippen LogP contribution in [0.1, 0.15) is 30.0 Å². The van der Waals surface area contributed by atoms with Gasteiger partial charge in [-0.3, -0.25) is 19.1 Å². The van der Waals surface area contributed by atoms with Crippen LogP contribution in [0.5, 0.6) is 5.75 Å². The van der Waals surface area contributed by atoms with E-state index in [1.54, 1.807) is 12.1 Å². The van der Waals surface area contributed by atoms with E-state index in [0.717, 1.165) is 21.6 Å². The summed E-state index contributed by atoms with van der Waals surface area (Å²) in [5, 5.41) is 0. The number of carbonyl (C=O) groups is 2. The number of nitrogens with one attached hydrogen (secondary N) is 1. The highest BCUT2D eigenvalue weighted by Crippen LogP contribution is 2.19. The maximum Gasteiger partial charge on any atom is 0.344 e. The van der Waals surface area contributed by atoms with Crippen molar-refractivity contribution in [3.05, 3.63) is 86.1 Å². The normalized spacial score (nSPS) is 10.6. The van der Waals surface area contributed by atoms with Crippen LogP contribution >= 0.6 is 0 Å². The average Bonchev–Trinajstić information content (AvgIpc) is 2.85. The van der Waals surface area contributed by atoms with Crippen LogP contribution in [0.15, 0.2) is 58.1 Å². The summed E-state index contributed by atoms with van der Waals surface area (Å²) in [5.74, 6) is -1.04. The topological polar surface area (TPSA) is 137 Å². The number of H-pyrrole nitrogens is 1. The molecule has 0 aliphatic heterocycles. The second kappa shape index (κ2) is 11.9. The lowest BCUT2D eigenvalue weighted by Crippen LogP contribution is -2.43. The fourth-order valence-corrected chi connectivity index (χ4v) is 3.55. The Kier molecular flexibility index (Phi) is 8.66. The molecule has 10 heteroatoms. The van der Waals surface area contributed by atoms with Crippen molar-refractivity contribution in [2.75, 3.05) is 30.4 Å². The number of hydrogen-bond donors (Lipinski definition) is 2. The van der Waals surface area contributed by atoms with Crippen molar-refractivity contribution in [2.45, 2.75) is 33.7 Å². The molecule has 1 heterocycles. The Balaban J connectivity index is 1.73. The van der Waals surface area contributed by atoms with Gasteiger partial charge in [0.05, 0.1) is 6.54 Å². The average molecular weight is 495 g/mol. The molecule has 3 rings (SSSR count). The van der Waals surface area contributed by atoms with Gasteiger partial charge in [0.1, 0.15) is 11.6 Å². The minimum absolute atomic E-state index is 0.105. The number of aromatic nitrogens is 2. The van der Waals surface area contributed by atoms with Crippen molar-refractivity contribution >= 4 is 23.4 Å². The number of benzene rings is 2. The van der Waals surface area contributed by atoms with Gasteiger partial charge in [-0.05, 0) is 49.1 Å². The molecule has 0 aliphatic rings. The highest BCUT2D eigenvalue weighted by molar-refractivity contribution is 5.97. The molecule has 0 unspecified atom stereocenters. The summed E-state index contributed by atoms with van der Waals surface area (Å²) in [6, 6.07) is 14.5. The first-order chi connectivity index (χ1) is 17.2. The third-order valence-corrected chi connectivity index (χ3v) is 5.61. The molecule has 2 aromatic carbocycles. The van der Waals surface area contributed by atoms with E-state index >= 15 is 0 Å². The Labute approximate surface area is 208 Å². The molecule has 0 atom stereocenters. The van der Waals surface area contributed by atoms with Gasteiger partial charge < -0.3 is 20.1 Å². The third-order valence-electron chi connectivity index (χ3n) is 5.61. The van der Waals surface area contributed by atoms with E-state index in [4.69, 9.17) is 15.2 Å². The molecular weight excluding hydrogens is 464 g/mol. The zero-order valence-corrected chi connectivity index (χ0v) is 20.6. The van der Waals surface area contributed by atoms with Gasteiger partial charge >= 0.3 is 11.7 Å². The van der Waals surface area contributed by atoms with E-state index in [1.165, 1.54) is 4.57 Å². The van der Waals surface area contributed by atoms with Gasteiger partial charge in [-0.2, -0.15) is 0 Å². The predicted molar refractivity (Wildman–Crippen MR) is 136 cm³/mol. The van der Waals surface area contributed by atoms with Crippen LogP contribution in [0.4, 0.5) is 11.5 Å². The molecule has 0 spiro atoms. The summed E-state index contributed by atoms with van der Waals surface area (Å²) in [6.45, 7) is 4.94. The molecule has 0 radical (unpaired) electrons. The molecule has 1 amide bonds. The van der Waals surface area contributed by atoms with Crippen molar-refractivity contribution < 1.29 is 19.1 Å². The standard InChI is InChI=1S/C26H30N4O6/c1-4-12-29(21(31)15-36-22(32)16-35-20-11-10-17(2)18(3)13-20)23-24(27)30(26(34)28-25(23)33)14-19-8-6-5-7-9-19/h5-11,13H,4,12,14-16,27H2,1-3H3,(H,28,33,34). The van der Waals surface area contributed by atoms with E-state index in [9.17, 15) is 19.2 Å². The molecule has 3 N–H and O–H groups in total. The van der Waals surface area contributed by atoms with Crippen LogP contribution in [-0.2, 0) is 20.9 Å². The summed E-state index contributed by atoms with van der Waals surface area (Å²) in [7, 11) is 0. The van der Waals surface area contributed by atoms with Gasteiger partial charge in [-0.15, -0.1) is 0 Å². The highest BCUT2D eigenvalue weighted by atomic mass is 16.6. The van der Waals surface area contributed by atoms with Crippen LogP contribution in [0, 0.1) is 13.8 Å². The zero-order chi connectivity index (χ0) is 26.2. The van der Waals surface area contributed by atoms with Crippen LogP contribution in [0.2, 0.25) is 0 Å². The second-order valence-corrected chi connectivity index (χ2v) is 8.31. The number of rotatable bonds is 10. The number of nitrogens with zero attached hydrogens (tertiary/aromatic N) is 2. The number of ether oxygens (including phenoxy) is 2. The molecule has 0 saturated heterocycles. The predicted octanol–water partition coefficient (Wildman–Crippen LogP) is 2.15. The molecule has 0 aliphatic carbocycles. The fraction of sp³-hybridized carbons (Fsp3) is 0.308. The Morgan fingerprint density at radius 3 is 2.42 bits per heavy atom. The Bertz CT molecular complexity index is 1350. The molecule has 3 aromatic rings. The molecule has 0 saturated carbocycles. The number of nitrogens with two attached hydrogens (primary N) is 1. The summed E-state index contributed by atoms with van der Waals surface area (Å²) < 4.78 is 11.7. The number of esters is 1. The molecule has 0 bridgehead atoms. The van der Waals surface area contributed by atoms with Gasteiger partial charge in [0.15, 0.2) is 18.9 Å². The van der Waals surface area contributed by atoms with Crippen molar-refractivity contribution in [2.24, 2.45) is 0 Å². The molecule has 1 aromatic heterocycles. The first-order valence-corrected chi connectivity index (χ1v) is 11.5. The zero-order valence-electron chi connectivity index (χ0n) is 20.6. The van der Waals surface area contributed by atoms with E-state index in [-0.39, 0.29) is 31.2 Å². The van der Waals surface area contributed by atoms with E-state index in [0.29, 0.717) is 12.2 Å². The molecule has 10 nitrogen and oxygen atoms in total. The van der Waals surface area contributed by atoms with Gasteiger partial charge in [0.2, 0.25) is 0 Å². The molecule has 0 fully saturated rings. The van der Waals surface area contributed by atoms with Crippen molar-refractivity contribution in [3.8, 4) is 5.75 Å².